The summed E-state index contributed by atoms with van der Waals surface area (Å²) in [6.07, 6.45) is -1.21. The maximum Gasteiger partial charge on any atom is 0.267 e. The average Bonchev–Trinajstić information content (AvgIpc) is 2.08. The number of pyridine rings is 1. The number of alkyl halides is 3. The van der Waals surface area contributed by atoms with Crippen molar-refractivity contribution in [2.45, 2.75) is 12.3 Å². The number of hydrogen-bond acceptors (Lipinski definition) is 1. The van der Waals surface area contributed by atoms with E-state index in [0.717, 1.165) is 0 Å². The zero-order chi connectivity index (χ0) is 10.0. The van der Waals surface area contributed by atoms with Crippen molar-refractivity contribution in [1.29, 1.82) is 0 Å². The van der Waals surface area contributed by atoms with Crippen molar-refractivity contribution < 1.29 is 8.78 Å². The van der Waals surface area contributed by atoms with Gasteiger partial charge in [0, 0.05) is 6.20 Å². The monoisotopic (exact) mass is 337 g/mol. The molecule has 0 unspecified atom stereocenters. The van der Waals surface area contributed by atoms with Gasteiger partial charge in [-0.15, -0.1) is 11.6 Å². The summed E-state index contributed by atoms with van der Waals surface area (Å²) >= 11 is 13.0. The fraction of sp³-hybridized carbons (Fsp3) is 0.286. The van der Waals surface area contributed by atoms with Crippen molar-refractivity contribution in [3.05, 3.63) is 26.0 Å². The molecule has 1 aromatic rings. The molecule has 0 aliphatic carbocycles. The first-order valence-electron chi connectivity index (χ1n) is 3.24. The Kier molecular flexibility index (Phi) is 4.12. The number of aromatic nitrogens is 1. The molecule has 0 radical (unpaired) electrons. The topological polar surface area (TPSA) is 12.9 Å². The Morgan fingerprint density at radius 3 is 2.62 bits per heavy atom. The molecule has 1 rings (SSSR count). The number of halogens is 5. The summed E-state index contributed by atoms with van der Waals surface area (Å²) < 4.78 is 25.4. The third-order valence-electron chi connectivity index (χ3n) is 1.44. The van der Waals surface area contributed by atoms with E-state index >= 15 is 0 Å². The van der Waals surface area contributed by atoms with E-state index in [-0.39, 0.29) is 22.2 Å². The predicted molar refractivity (Wildman–Crippen MR) is 56.5 cm³/mol. The lowest BCUT2D eigenvalue weighted by molar-refractivity contribution is 0.150. The molecule has 0 saturated heterocycles. The van der Waals surface area contributed by atoms with E-state index in [1.165, 1.54) is 6.20 Å². The van der Waals surface area contributed by atoms with Gasteiger partial charge in [-0.25, -0.2) is 8.78 Å². The summed E-state index contributed by atoms with van der Waals surface area (Å²) in [6.45, 7) is 0. The second-order valence-electron chi connectivity index (χ2n) is 2.21. The Hall–Kier alpha value is 0.320. The number of hydrogen-bond donors (Lipinski definition) is 0. The van der Waals surface area contributed by atoms with Gasteiger partial charge in [0.2, 0.25) is 0 Å². The van der Waals surface area contributed by atoms with Gasteiger partial charge in [0.1, 0.15) is 0 Å². The highest BCUT2D eigenvalue weighted by Crippen LogP contribution is 2.32. The molecule has 1 nitrogen and oxygen atoms in total. The summed E-state index contributed by atoms with van der Waals surface area (Å²) in [5.41, 5.74) is -0.120. The molecule has 13 heavy (non-hydrogen) atoms. The van der Waals surface area contributed by atoms with E-state index in [0.29, 0.717) is 3.57 Å². The SMILES string of the molecule is FC(F)c1c(CCl)ncc(I)c1Cl. The van der Waals surface area contributed by atoms with Gasteiger partial charge in [-0.1, -0.05) is 11.6 Å². The van der Waals surface area contributed by atoms with Crippen LogP contribution in [-0.2, 0) is 5.88 Å². The number of nitrogens with zero attached hydrogens (tertiary/aromatic N) is 1. The minimum atomic E-state index is -2.64. The van der Waals surface area contributed by atoms with Crippen LogP contribution in [0.25, 0.3) is 0 Å². The molecular formula is C7H4Cl2F2IN. The van der Waals surface area contributed by atoms with Gasteiger partial charge in [-0.05, 0) is 22.6 Å². The van der Waals surface area contributed by atoms with Crippen molar-refractivity contribution in [3.8, 4) is 0 Å². The maximum atomic E-state index is 12.5. The van der Waals surface area contributed by atoms with Crippen LogP contribution >= 0.6 is 45.8 Å². The zero-order valence-corrected chi connectivity index (χ0v) is 9.87. The molecule has 0 aromatic carbocycles. The molecule has 1 aromatic heterocycles. The fourth-order valence-electron chi connectivity index (χ4n) is 0.844. The first kappa shape index (κ1) is 11.4. The summed E-state index contributed by atoms with van der Waals surface area (Å²) in [6, 6.07) is 0. The van der Waals surface area contributed by atoms with E-state index in [1.54, 1.807) is 0 Å². The lowest BCUT2D eigenvalue weighted by Gasteiger charge is -2.08. The highest BCUT2D eigenvalue weighted by Gasteiger charge is 2.19. The largest absolute Gasteiger partial charge is 0.267 e. The van der Waals surface area contributed by atoms with Crippen LogP contribution in [0.4, 0.5) is 8.78 Å². The minimum Gasteiger partial charge on any atom is -0.258 e. The Morgan fingerprint density at radius 2 is 2.15 bits per heavy atom. The molecule has 0 amide bonds. The van der Waals surface area contributed by atoms with E-state index in [9.17, 15) is 8.78 Å². The third-order valence-corrected chi connectivity index (χ3v) is 3.23. The van der Waals surface area contributed by atoms with Crippen LogP contribution in [0.3, 0.4) is 0 Å². The van der Waals surface area contributed by atoms with Crippen LogP contribution in [0.15, 0.2) is 6.20 Å². The summed E-state index contributed by atoms with van der Waals surface area (Å²) in [5.74, 6) is -0.0592. The van der Waals surface area contributed by atoms with Gasteiger partial charge in [0.05, 0.1) is 25.7 Å². The molecule has 72 valence electrons. The molecular weight excluding hydrogens is 334 g/mol. The first-order chi connectivity index (χ1) is 6.07. The molecule has 0 fully saturated rings. The summed E-state index contributed by atoms with van der Waals surface area (Å²) in [5, 5.41) is 0.0428. The molecule has 0 N–H and O–H groups in total. The molecule has 0 spiro atoms. The molecule has 0 saturated carbocycles. The van der Waals surface area contributed by atoms with E-state index in [1.807, 2.05) is 22.6 Å². The van der Waals surface area contributed by atoms with Crippen molar-refractivity contribution in [1.82, 2.24) is 4.98 Å². The zero-order valence-electron chi connectivity index (χ0n) is 6.20. The highest BCUT2D eigenvalue weighted by molar-refractivity contribution is 14.1. The van der Waals surface area contributed by atoms with Crippen LogP contribution < -0.4 is 0 Å². The second kappa shape index (κ2) is 4.70. The molecule has 6 heteroatoms. The van der Waals surface area contributed by atoms with Gasteiger partial charge >= 0.3 is 0 Å². The quantitative estimate of drug-likeness (QED) is 0.587. The average molecular weight is 338 g/mol. The Morgan fingerprint density at radius 1 is 1.54 bits per heavy atom. The molecule has 0 aliphatic heterocycles. The van der Waals surface area contributed by atoms with E-state index in [2.05, 4.69) is 4.98 Å². The first-order valence-corrected chi connectivity index (χ1v) is 5.24. The summed E-state index contributed by atoms with van der Waals surface area (Å²) in [4.78, 5) is 3.77. The van der Waals surface area contributed by atoms with Gasteiger partial charge in [-0.3, -0.25) is 4.98 Å². The normalized spacial score (nSPS) is 10.9. The van der Waals surface area contributed by atoms with Crippen molar-refractivity contribution in [3.63, 3.8) is 0 Å². The van der Waals surface area contributed by atoms with Crippen molar-refractivity contribution >= 4 is 45.8 Å². The predicted octanol–water partition coefficient (Wildman–Crippen LogP) is 4.02. The van der Waals surface area contributed by atoms with Gasteiger partial charge < -0.3 is 0 Å². The fourth-order valence-corrected chi connectivity index (χ4v) is 1.73. The Labute approximate surface area is 97.6 Å². The highest BCUT2D eigenvalue weighted by atomic mass is 127. The Bertz CT molecular complexity index is 320. The van der Waals surface area contributed by atoms with Crippen LogP contribution in [0.5, 0.6) is 0 Å². The third kappa shape index (κ3) is 2.41. The van der Waals surface area contributed by atoms with Crippen LogP contribution in [0, 0.1) is 3.57 Å². The smallest absolute Gasteiger partial charge is 0.258 e. The molecule has 0 bridgehead atoms. The van der Waals surface area contributed by atoms with Crippen molar-refractivity contribution in [2.24, 2.45) is 0 Å². The number of rotatable bonds is 2. The minimum absolute atomic E-state index is 0.0428. The maximum absolute atomic E-state index is 12.5. The Balaban J connectivity index is 3.32. The van der Waals surface area contributed by atoms with Crippen LogP contribution in [0.2, 0.25) is 5.02 Å². The summed E-state index contributed by atoms with van der Waals surface area (Å²) in [7, 11) is 0. The van der Waals surface area contributed by atoms with Gasteiger partial charge in [0.25, 0.3) is 6.43 Å². The molecule has 0 aliphatic rings. The van der Waals surface area contributed by atoms with E-state index in [4.69, 9.17) is 23.2 Å². The lowest BCUT2D eigenvalue weighted by atomic mass is 10.2. The van der Waals surface area contributed by atoms with E-state index < -0.39 is 6.43 Å². The second-order valence-corrected chi connectivity index (χ2v) is 4.02. The molecule has 1 heterocycles. The standard InChI is InChI=1S/C7H4Cl2F2IN/c8-1-4-5(7(10)11)6(9)3(12)2-13-4/h2,7H,1H2. The van der Waals surface area contributed by atoms with Crippen LogP contribution in [0.1, 0.15) is 17.7 Å². The van der Waals surface area contributed by atoms with Gasteiger partial charge in [-0.2, -0.15) is 0 Å². The molecule has 0 atom stereocenters. The van der Waals surface area contributed by atoms with Crippen molar-refractivity contribution in [2.75, 3.05) is 0 Å². The van der Waals surface area contributed by atoms with Crippen LogP contribution in [-0.4, -0.2) is 4.98 Å². The lowest BCUT2D eigenvalue weighted by Crippen LogP contribution is -1.99. The van der Waals surface area contributed by atoms with Gasteiger partial charge in [0.15, 0.2) is 0 Å².